The molecule has 1 amide bonds. The van der Waals surface area contributed by atoms with E-state index in [1.54, 1.807) is 19.5 Å². The number of amides is 1. The SMILES string of the molecule is COc1ccc(-c2cncc(C(=O)N/N=C/c3ccccc3Br)n2)cc1. The van der Waals surface area contributed by atoms with Crippen LogP contribution < -0.4 is 10.2 Å². The molecule has 1 aromatic heterocycles. The lowest BCUT2D eigenvalue weighted by atomic mass is 10.1. The first-order valence-electron chi connectivity index (χ1n) is 7.72. The van der Waals surface area contributed by atoms with Gasteiger partial charge in [0.1, 0.15) is 11.4 Å². The molecule has 0 aliphatic heterocycles. The number of hydrogen-bond acceptors (Lipinski definition) is 5. The van der Waals surface area contributed by atoms with E-state index in [2.05, 4.69) is 36.4 Å². The number of carbonyl (C=O) groups excluding carboxylic acids is 1. The molecule has 0 fully saturated rings. The summed E-state index contributed by atoms with van der Waals surface area (Å²) in [4.78, 5) is 20.7. The molecule has 6 nitrogen and oxygen atoms in total. The Morgan fingerprint density at radius 1 is 1.15 bits per heavy atom. The summed E-state index contributed by atoms with van der Waals surface area (Å²) in [6.45, 7) is 0. The van der Waals surface area contributed by atoms with E-state index in [4.69, 9.17) is 4.74 Å². The summed E-state index contributed by atoms with van der Waals surface area (Å²) in [5, 5.41) is 3.96. The normalized spacial score (nSPS) is 10.7. The van der Waals surface area contributed by atoms with Crippen molar-refractivity contribution in [2.24, 2.45) is 5.10 Å². The number of methoxy groups -OCH3 is 1. The van der Waals surface area contributed by atoms with Crippen molar-refractivity contribution in [3.05, 3.63) is 76.7 Å². The third kappa shape index (κ3) is 4.31. The molecule has 0 radical (unpaired) electrons. The van der Waals surface area contributed by atoms with E-state index in [9.17, 15) is 4.79 Å². The fraction of sp³-hybridized carbons (Fsp3) is 0.0526. The van der Waals surface area contributed by atoms with E-state index in [-0.39, 0.29) is 5.69 Å². The van der Waals surface area contributed by atoms with Crippen LogP contribution in [-0.4, -0.2) is 29.2 Å². The molecule has 3 aromatic rings. The monoisotopic (exact) mass is 410 g/mol. The van der Waals surface area contributed by atoms with Gasteiger partial charge in [-0.2, -0.15) is 5.10 Å². The van der Waals surface area contributed by atoms with E-state index >= 15 is 0 Å². The first-order valence-corrected chi connectivity index (χ1v) is 8.51. The fourth-order valence-electron chi connectivity index (χ4n) is 2.17. The molecule has 7 heteroatoms. The molecule has 0 saturated heterocycles. The zero-order valence-corrected chi connectivity index (χ0v) is 15.5. The molecule has 3 rings (SSSR count). The predicted octanol–water partition coefficient (Wildman–Crippen LogP) is 3.68. The van der Waals surface area contributed by atoms with Crippen LogP contribution in [0.15, 0.2) is 70.5 Å². The Labute approximate surface area is 159 Å². The maximum Gasteiger partial charge on any atom is 0.291 e. The highest BCUT2D eigenvalue weighted by Crippen LogP contribution is 2.20. The number of halogens is 1. The topological polar surface area (TPSA) is 76.5 Å². The first-order chi connectivity index (χ1) is 12.7. The average molecular weight is 411 g/mol. The summed E-state index contributed by atoms with van der Waals surface area (Å²) in [6.07, 6.45) is 4.56. The van der Waals surface area contributed by atoms with Gasteiger partial charge in [0.2, 0.25) is 0 Å². The Kier molecular flexibility index (Phi) is 5.70. The van der Waals surface area contributed by atoms with Gasteiger partial charge in [0.15, 0.2) is 0 Å². The Bertz CT molecular complexity index is 942. The van der Waals surface area contributed by atoms with Gasteiger partial charge in [-0.3, -0.25) is 9.78 Å². The van der Waals surface area contributed by atoms with Crippen LogP contribution in [0.3, 0.4) is 0 Å². The number of hydrogen-bond donors (Lipinski definition) is 1. The molecule has 0 aliphatic carbocycles. The predicted molar refractivity (Wildman–Crippen MR) is 103 cm³/mol. The minimum Gasteiger partial charge on any atom is -0.497 e. The maximum absolute atomic E-state index is 12.2. The lowest BCUT2D eigenvalue weighted by Crippen LogP contribution is -2.19. The van der Waals surface area contributed by atoms with Crippen molar-refractivity contribution in [3.8, 4) is 17.0 Å². The third-order valence-electron chi connectivity index (χ3n) is 3.53. The summed E-state index contributed by atoms with van der Waals surface area (Å²) >= 11 is 3.42. The van der Waals surface area contributed by atoms with Gasteiger partial charge in [-0.15, -0.1) is 0 Å². The van der Waals surface area contributed by atoms with Gasteiger partial charge in [0, 0.05) is 15.6 Å². The summed E-state index contributed by atoms with van der Waals surface area (Å²) in [7, 11) is 1.61. The second-order valence-electron chi connectivity index (χ2n) is 5.24. The Morgan fingerprint density at radius 2 is 1.92 bits per heavy atom. The van der Waals surface area contributed by atoms with Crippen LogP contribution in [0, 0.1) is 0 Å². The Balaban J connectivity index is 1.72. The van der Waals surface area contributed by atoms with Crippen molar-refractivity contribution in [2.45, 2.75) is 0 Å². The van der Waals surface area contributed by atoms with Crippen molar-refractivity contribution < 1.29 is 9.53 Å². The smallest absolute Gasteiger partial charge is 0.291 e. The summed E-state index contributed by atoms with van der Waals surface area (Å²) in [5.41, 5.74) is 4.92. The van der Waals surface area contributed by atoms with E-state index in [0.717, 1.165) is 21.3 Å². The molecule has 0 atom stereocenters. The highest BCUT2D eigenvalue weighted by atomic mass is 79.9. The number of rotatable bonds is 5. The van der Waals surface area contributed by atoms with Crippen LogP contribution in [0.2, 0.25) is 0 Å². The molecule has 130 valence electrons. The number of nitrogens with zero attached hydrogens (tertiary/aromatic N) is 3. The van der Waals surface area contributed by atoms with Gasteiger partial charge in [-0.25, -0.2) is 10.4 Å². The molecule has 1 heterocycles. The molecule has 1 N–H and O–H groups in total. The number of aromatic nitrogens is 2. The molecular formula is C19H15BrN4O2. The van der Waals surface area contributed by atoms with Crippen molar-refractivity contribution >= 4 is 28.1 Å². The van der Waals surface area contributed by atoms with E-state index in [1.165, 1.54) is 6.20 Å². The number of hydrazone groups is 1. The molecule has 0 saturated carbocycles. The van der Waals surface area contributed by atoms with Gasteiger partial charge in [-0.1, -0.05) is 34.1 Å². The standard InChI is InChI=1S/C19H15BrN4O2/c1-26-15-8-6-13(7-9-15)17-11-21-12-18(23-17)19(25)24-22-10-14-4-2-3-5-16(14)20/h2-12H,1H3,(H,24,25)/b22-10+. The lowest BCUT2D eigenvalue weighted by molar-refractivity contribution is 0.0950. The third-order valence-corrected chi connectivity index (χ3v) is 4.25. The fourth-order valence-corrected chi connectivity index (χ4v) is 2.56. The van der Waals surface area contributed by atoms with Gasteiger partial charge >= 0.3 is 0 Å². The van der Waals surface area contributed by atoms with Crippen LogP contribution in [0.25, 0.3) is 11.3 Å². The zero-order valence-electron chi connectivity index (χ0n) is 13.9. The van der Waals surface area contributed by atoms with E-state index in [1.807, 2.05) is 48.5 Å². The molecule has 0 bridgehead atoms. The first kappa shape index (κ1) is 17.8. The number of benzene rings is 2. The molecule has 0 aliphatic rings. The van der Waals surface area contributed by atoms with Crippen molar-refractivity contribution in [2.75, 3.05) is 7.11 Å². The van der Waals surface area contributed by atoms with Crippen molar-refractivity contribution in [1.82, 2.24) is 15.4 Å². The summed E-state index contributed by atoms with van der Waals surface area (Å²) < 4.78 is 6.03. The van der Waals surface area contributed by atoms with Gasteiger partial charge < -0.3 is 4.74 Å². The van der Waals surface area contributed by atoms with E-state index < -0.39 is 5.91 Å². The van der Waals surface area contributed by atoms with Crippen LogP contribution in [0.4, 0.5) is 0 Å². The molecule has 26 heavy (non-hydrogen) atoms. The second-order valence-corrected chi connectivity index (χ2v) is 6.09. The zero-order chi connectivity index (χ0) is 18.4. The van der Waals surface area contributed by atoms with Crippen LogP contribution >= 0.6 is 15.9 Å². The largest absolute Gasteiger partial charge is 0.497 e. The molecule has 0 unspecified atom stereocenters. The number of ether oxygens (including phenoxy) is 1. The minimum absolute atomic E-state index is 0.183. The summed E-state index contributed by atoms with van der Waals surface area (Å²) in [5.74, 6) is 0.313. The van der Waals surface area contributed by atoms with Crippen LogP contribution in [0.1, 0.15) is 16.1 Å². The number of nitrogens with one attached hydrogen (secondary N) is 1. The van der Waals surface area contributed by atoms with Gasteiger partial charge in [-0.05, 0) is 30.3 Å². The van der Waals surface area contributed by atoms with Gasteiger partial charge in [0.05, 0.1) is 31.4 Å². The molecule has 0 spiro atoms. The number of carbonyl (C=O) groups is 1. The van der Waals surface area contributed by atoms with E-state index in [0.29, 0.717) is 5.69 Å². The molecule has 2 aromatic carbocycles. The Hall–Kier alpha value is -3.06. The maximum atomic E-state index is 12.2. The van der Waals surface area contributed by atoms with Crippen molar-refractivity contribution in [1.29, 1.82) is 0 Å². The highest BCUT2D eigenvalue weighted by Gasteiger charge is 2.09. The molecular weight excluding hydrogens is 396 g/mol. The second kappa shape index (κ2) is 8.35. The van der Waals surface area contributed by atoms with Crippen LogP contribution in [-0.2, 0) is 0 Å². The minimum atomic E-state index is -0.434. The summed E-state index contributed by atoms with van der Waals surface area (Å²) in [6, 6.07) is 14.9. The van der Waals surface area contributed by atoms with Crippen molar-refractivity contribution in [3.63, 3.8) is 0 Å². The quantitative estimate of drug-likeness (QED) is 0.514. The Morgan fingerprint density at radius 3 is 2.65 bits per heavy atom. The average Bonchev–Trinajstić information content (AvgIpc) is 2.69. The van der Waals surface area contributed by atoms with Crippen LogP contribution in [0.5, 0.6) is 5.75 Å². The highest BCUT2D eigenvalue weighted by molar-refractivity contribution is 9.10. The van der Waals surface area contributed by atoms with Gasteiger partial charge in [0.25, 0.3) is 5.91 Å². The lowest BCUT2D eigenvalue weighted by Gasteiger charge is -2.05.